The Balaban J connectivity index is 0.000000300. The summed E-state index contributed by atoms with van der Waals surface area (Å²) in [5, 5.41) is 25.1. The first-order valence-electron chi connectivity index (χ1n) is 17.5. The molecule has 4 aromatic carbocycles. The molecule has 0 heterocycles. The van der Waals surface area contributed by atoms with Crippen molar-refractivity contribution < 1.29 is 35.9 Å². The van der Waals surface area contributed by atoms with Gasteiger partial charge in [0.1, 0.15) is 11.2 Å². The van der Waals surface area contributed by atoms with Crippen LogP contribution in [-0.2, 0) is 29.1 Å². The van der Waals surface area contributed by atoms with Gasteiger partial charge in [0.05, 0.1) is 34.0 Å². The van der Waals surface area contributed by atoms with E-state index in [9.17, 15) is 36.9 Å². The molecule has 0 saturated heterocycles. The van der Waals surface area contributed by atoms with Crippen molar-refractivity contribution in [1.29, 1.82) is 10.5 Å². The largest absolute Gasteiger partial charge is 0.444 e. The SMILES string of the molecule is CC(C)(C)OC(=O)N[C@@H](c1ccccc1)[C@@](C)(C#N)S(=O)(=O)c1ccccc1.CC(C)(C)OC(=O)N[C@@H](c1ccccc1)[C@@](C)(C#N)S(=O)(=O)c1ccccc1. The minimum atomic E-state index is -4.12. The number of carbonyl (C=O) groups is 2. The smallest absolute Gasteiger partial charge is 0.408 e. The Hall–Kier alpha value is -5.70. The number of nitrogens with zero attached hydrogens (tertiary/aromatic N) is 2. The maximum atomic E-state index is 13.4. The quantitative estimate of drug-likeness (QED) is 0.159. The van der Waals surface area contributed by atoms with Gasteiger partial charge >= 0.3 is 12.2 Å². The van der Waals surface area contributed by atoms with Crippen molar-refractivity contribution in [3.63, 3.8) is 0 Å². The van der Waals surface area contributed by atoms with Gasteiger partial charge in [-0.25, -0.2) is 26.4 Å². The fourth-order valence-electron chi connectivity index (χ4n) is 5.47. The first-order valence-corrected chi connectivity index (χ1v) is 20.5. The monoisotopic (exact) mass is 800 g/mol. The van der Waals surface area contributed by atoms with Gasteiger partial charge in [-0.15, -0.1) is 0 Å². The molecule has 56 heavy (non-hydrogen) atoms. The van der Waals surface area contributed by atoms with Gasteiger partial charge in [0.25, 0.3) is 0 Å². The van der Waals surface area contributed by atoms with Gasteiger partial charge in [0.2, 0.25) is 0 Å². The highest BCUT2D eigenvalue weighted by atomic mass is 32.2. The summed E-state index contributed by atoms with van der Waals surface area (Å²) in [6.45, 7) is 12.8. The third kappa shape index (κ3) is 10.7. The zero-order chi connectivity index (χ0) is 42.0. The molecule has 14 heteroatoms. The number of hydrogen-bond acceptors (Lipinski definition) is 10. The van der Waals surface area contributed by atoms with Crippen molar-refractivity contribution in [2.24, 2.45) is 0 Å². The lowest BCUT2D eigenvalue weighted by Crippen LogP contribution is -2.49. The molecule has 0 radical (unpaired) electrons. The normalized spacial score (nSPS) is 15.0. The standard InChI is InChI=1S/2C21H24N2O4S/c2*1-20(2,3)27-19(24)23-18(16-11-7-5-8-12-16)21(4,15-22)28(25,26)17-13-9-6-10-14-17/h2*5-14,18H,1-4H3,(H,23,24)/t2*18-,21+/m00/s1. The molecule has 0 unspecified atom stereocenters. The summed E-state index contributed by atoms with van der Waals surface area (Å²) in [6, 6.07) is 34.1. The molecule has 0 aromatic heterocycles. The Morgan fingerprint density at radius 1 is 0.500 bits per heavy atom. The topological polar surface area (TPSA) is 193 Å². The van der Waals surface area contributed by atoms with Crippen LogP contribution in [0.3, 0.4) is 0 Å². The number of hydrogen-bond donors (Lipinski definition) is 2. The zero-order valence-electron chi connectivity index (χ0n) is 32.7. The predicted molar refractivity (Wildman–Crippen MR) is 212 cm³/mol. The van der Waals surface area contributed by atoms with Gasteiger partial charge in [0, 0.05) is 0 Å². The fourth-order valence-corrected chi connectivity index (χ4v) is 8.73. The third-order valence-corrected chi connectivity index (χ3v) is 13.0. The molecule has 0 aliphatic carbocycles. The minimum Gasteiger partial charge on any atom is -0.444 e. The first kappa shape index (κ1) is 44.7. The number of carbonyl (C=O) groups excluding carboxylic acids is 2. The molecule has 0 fully saturated rings. The minimum absolute atomic E-state index is 0.00553. The van der Waals surface area contributed by atoms with Crippen molar-refractivity contribution >= 4 is 31.9 Å². The Bertz CT molecular complexity index is 2080. The molecule has 12 nitrogen and oxygen atoms in total. The fraction of sp³-hybridized carbons (Fsp3) is 0.333. The van der Waals surface area contributed by atoms with Gasteiger partial charge in [-0.2, -0.15) is 10.5 Å². The Kier molecular flexibility index (Phi) is 14.2. The average Bonchev–Trinajstić information content (AvgIpc) is 3.15. The first-order chi connectivity index (χ1) is 26.0. The highest BCUT2D eigenvalue weighted by Crippen LogP contribution is 2.38. The van der Waals surface area contributed by atoms with Gasteiger partial charge in [-0.3, -0.25) is 0 Å². The lowest BCUT2D eigenvalue weighted by molar-refractivity contribution is 0.0486. The molecule has 0 bridgehead atoms. The summed E-state index contributed by atoms with van der Waals surface area (Å²) in [4.78, 5) is 24.9. The number of rotatable bonds is 10. The molecule has 0 aliphatic rings. The molecular weight excluding hydrogens is 753 g/mol. The Morgan fingerprint density at radius 3 is 0.982 bits per heavy atom. The number of benzene rings is 4. The number of nitriles is 2. The molecule has 2 amide bonds. The lowest BCUT2D eigenvalue weighted by Gasteiger charge is -2.33. The summed E-state index contributed by atoms with van der Waals surface area (Å²) in [6.07, 6.45) is -1.60. The maximum Gasteiger partial charge on any atom is 0.408 e. The van der Waals surface area contributed by atoms with E-state index in [1.165, 1.54) is 38.1 Å². The number of nitrogens with one attached hydrogen (secondary N) is 2. The van der Waals surface area contributed by atoms with E-state index in [1.54, 1.807) is 139 Å². The van der Waals surface area contributed by atoms with E-state index in [4.69, 9.17) is 9.47 Å². The Morgan fingerprint density at radius 2 is 0.750 bits per heavy atom. The second-order valence-electron chi connectivity index (χ2n) is 15.1. The van der Waals surface area contributed by atoms with Gasteiger partial charge in [-0.1, -0.05) is 97.1 Å². The van der Waals surface area contributed by atoms with Crippen LogP contribution in [0.4, 0.5) is 9.59 Å². The van der Waals surface area contributed by atoms with E-state index in [1.807, 2.05) is 12.1 Å². The third-order valence-electron chi connectivity index (χ3n) is 8.36. The summed E-state index contributed by atoms with van der Waals surface area (Å²) < 4.78 is 60.1. The van der Waals surface area contributed by atoms with Crippen molar-refractivity contribution in [2.75, 3.05) is 0 Å². The van der Waals surface area contributed by atoms with E-state index >= 15 is 0 Å². The molecule has 0 aliphatic heterocycles. The maximum absolute atomic E-state index is 13.4. The number of amides is 2. The molecule has 0 spiro atoms. The molecule has 296 valence electrons. The van der Waals surface area contributed by atoms with Crippen LogP contribution in [0.15, 0.2) is 131 Å². The molecule has 4 atom stereocenters. The molecule has 4 rings (SSSR count). The van der Waals surface area contributed by atoms with Crippen LogP contribution in [0.5, 0.6) is 0 Å². The molecule has 4 aromatic rings. The van der Waals surface area contributed by atoms with Crippen LogP contribution in [-0.4, -0.2) is 49.7 Å². The van der Waals surface area contributed by atoms with E-state index in [0.717, 1.165) is 0 Å². The summed E-state index contributed by atoms with van der Waals surface area (Å²) in [5.74, 6) is 0. The summed E-state index contributed by atoms with van der Waals surface area (Å²) in [5.41, 5.74) is -0.576. The Labute approximate surface area is 330 Å². The summed E-state index contributed by atoms with van der Waals surface area (Å²) in [7, 11) is -8.24. The van der Waals surface area contributed by atoms with Gasteiger partial charge in [-0.05, 0) is 90.8 Å². The van der Waals surface area contributed by atoms with Gasteiger partial charge in [0.15, 0.2) is 29.2 Å². The van der Waals surface area contributed by atoms with Gasteiger partial charge < -0.3 is 20.1 Å². The van der Waals surface area contributed by atoms with Crippen molar-refractivity contribution in [3.05, 3.63) is 132 Å². The van der Waals surface area contributed by atoms with Crippen LogP contribution in [0.25, 0.3) is 0 Å². The predicted octanol–water partition coefficient (Wildman–Crippen LogP) is 8.02. The lowest BCUT2D eigenvalue weighted by atomic mass is 9.95. The van der Waals surface area contributed by atoms with Crippen LogP contribution in [0, 0.1) is 22.7 Å². The highest BCUT2D eigenvalue weighted by molar-refractivity contribution is 7.93. The molecular formula is C42H48N4O8S2. The van der Waals surface area contributed by atoms with Crippen LogP contribution in [0.2, 0.25) is 0 Å². The van der Waals surface area contributed by atoms with Crippen LogP contribution in [0.1, 0.15) is 78.6 Å². The molecule has 2 N–H and O–H groups in total. The second kappa shape index (κ2) is 17.8. The van der Waals surface area contributed by atoms with E-state index < -0.39 is 64.6 Å². The number of ether oxygens (including phenoxy) is 2. The van der Waals surface area contributed by atoms with Crippen LogP contribution >= 0.6 is 0 Å². The van der Waals surface area contributed by atoms with Crippen molar-refractivity contribution in [2.45, 2.75) is 98.0 Å². The number of alkyl carbamates (subject to hydrolysis) is 2. The second-order valence-corrected chi connectivity index (χ2v) is 19.7. The van der Waals surface area contributed by atoms with Crippen molar-refractivity contribution in [3.8, 4) is 12.1 Å². The highest BCUT2D eigenvalue weighted by Gasteiger charge is 2.51. The zero-order valence-corrected chi connectivity index (χ0v) is 34.3. The number of sulfone groups is 2. The van der Waals surface area contributed by atoms with Crippen LogP contribution < -0.4 is 10.6 Å². The van der Waals surface area contributed by atoms with E-state index in [2.05, 4.69) is 10.6 Å². The summed E-state index contributed by atoms with van der Waals surface area (Å²) >= 11 is 0. The van der Waals surface area contributed by atoms with E-state index in [0.29, 0.717) is 11.1 Å². The van der Waals surface area contributed by atoms with E-state index in [-0.39, 0.29) is 9.79 Å². The average molecular weight is 801 g/mol. The molecule has 0 saturated carbocycles. The van der Waals surface area contributed by atoms with Crippen molar-refractivity contribution in [1.82, 2.24) is 10.6 Å².